The van der Waals surface area contributed by atoms with E-state index < -0.39 is 23.1 Å². The maximum atomic E-state index is 11.6. The van der Waals surface area contributed by atoms with Gasteiger partial charge in [-0.3, -0.25) is 0 Å². The van der Waals surface area contributed by atoms with Gasteiger partial charge < -0.3 is 9.47 Å². The predicted molar refractivity (Wildman–Crippen MR) is 65.7 cm³/mol. The summed E-state index contributed by atoms with van der Waals surface area (Å²) in [6, 6.07) is 0. The Labute approximate surface area is 107 Å². The fourth-order valence-corrected chi connectivity index (χ4v) is 2.06. The first-order valence-corrected chi connectivity index (χ1v) is 6.10. The standard InChI is InChI=1S/C14H18O4/c1-9(2)11(15)17-13(5-6-13)14(7-8-14)18-12(16)10(3)4/h1,3,5-8H2,2,4H3. The van der Waals surface area contributed by atoms with Crippen LogP contribution in [0.1, 0.15) is 39.5 Å². The van der Waals surface area contributed by atoms with Crippen molar-refractivity contribution in [1.29, 1.82) is 0 Å². The monoisotopic (exact) mass is 250 g/mol. The Bertz CT molecular complexity index is 397. The molecule has 2 aliphatic rings. The number of rotatable bonds is 5. The fraction of sp³-hybridized carbons (Fsp3) is 0.571. The zero-order chi connectivity index (χ0) is 13.6. The molecule has 0 aromatic carbocycles. The van der Waals surface area contributed by atoms with Crippen LogP contribution in [0.4, 0.5) is 0 Å². The molecule has 4 heteroatoms. The van der Waals surface area contributed by atoms with Gasteiger partial charge in [-0.1, -0.05) is 13.2 Å². The van der Waals surface area contributed by atoms with Gasteiger partial charge in [-0.2, -0.15) is 0 Å². The van der Waals surface area contributed by atoms with E-state index in [1.165, 1.54) is 0 Å². The molecule has 18 heavy (non-hydrogen) atoms. The normalized spacial score (nSPS) is 21.7. The Balaban J connectivity index is 2.06. The van der Waals surface area contributed by atoms with Crippen molar-refractivity contribution in [2.24, 2.45) is 0 Å². The van der Waals surface area contributed by atoms with E-state index in [0.717, 1.165) is 25.7 Å². The molecule has 4 nitrogen and oxygen atoms in total. The average Bonchev–Trinajstić information content (AvgIpc) is 3.13. The summed E-state index contributed by atoms with van der Waals surface area (Å²) >= 11 is 0. The first-order chi connectivity index (χ1) is 8.32. The van der Waals surface area contributed by atoms with E-state index in [-0.39, 0.29) is 0 Å². The van der Waals surface area contributed by atoms with Crippen molar-refractivity contribution in [1.82, 2.24) is 0 Å². The predicted octanol–water partition coefficient (Wildman–Crippen LogP) is 2.29. The molecule has 0 atom stereocenters. The summed E-state index contributed by atoms with van der Waals surface area (Å²) in [5, 5.41) is 0. The molecule has 2 saturated carbocycles. The number of esters is 2. The highest BCUT2D eigenvalue weighted by atomic mass is 16.6. The molecule has 0 heterocycles. The van der Waals surface area contributed by atoms with E-state index in [1.807, 2.05) is 0 Å². The molecule has 98 valence electrons. The molecule has 0 radical (unpaired) electrons. The molecule has 0 bridgehead atoms. The van der Waals surface area contributed by atoms with Gasteiger partial charge in [-0.15, -0.1) is 0 Å². The lowest BCUT2D eigenvalue weighted by atomic mass is 10.1. The van der Waals surface area contributed by atoms with E-state index >= 15 is 0 Å². The van der Waals surface area contributed by atoms with Crippen molar-refractivity contribution >= 4 is 11.9 Å². The molecule has 2 rings (SSSR count). The van der Waals surface area contributed by atoms with Crippen LogP contribution in [0.15, 0.2) is 24.3 Å². The summed E-state index contributed by atoms with van der Waals surface area (Å²) in [7, 11) is 0. The molecule has 0 amide bonds. The highest BCUT2D eigenvalue weighted by molar-refractivity contribution is 5.89. The molecular formula is C14H18O4. The fourth-order valence-electron chi connectivity index (χ4n) is 2.06. The Morgan fingerprint density at radius 3 is 1.28 bits per heavy atom. The van der Waals surface area contributed by atoms with Crippen LogP contribution >= 0.6 is 0 Å². The van der Waals surface area contributed by atoms with Gasteiger partial charge in [0.2, 0.25) is 0 Å². The van der Waals surface area contributed by atoms with Gasteiger partial charge >= 0.3 is 11.9 Å². The molecule has 0 saturated heterocycles. The lowest BCUT2D eigenvalue weighted by Gasteiger charge is -2.27. The molecule has 0 unspecified atom stereocenters. The Hall–Kier alpha value is -1.58. The van der Waals surface area contributed by atoms with Gasteiger partial charge in [-0.25, -0.2) is 9.59 Å². The Morgan fingerprint density at radius 1 is 0.833 bits per heavy atom. The number of carbonyl (C=O) groups excluding carboxylic acids is 2. The number of carbonyl (C=O) groups is 2. The SMILES string of the molecule is C=C(C)C(=O)OC1(C2(OC(=O)C(=C)C)CC2)CC1. The van der Waals surface area contributed by atoms with Crippen LogP contribution in [0.2, 0.25) is 0 Å². The molecule has 0 aromatic heterocycles. The maximum Gasteiger partial charge on any atom is 0.333 e. The van der Waals surface area contributed by atoms with Crippen molar-refractivity contribution in [3.05, 3.63) is 24.3 Å². The largest absolute Gasteiger partial charge is 0.451 e. The molecular weight excluding hydrogens is 232 g/mol. The summed E-state index contributed by atoms with van der Waals surface area (Å²) in [5.41, 5.74) is -0.506. The van der Waals surface area contributed by atoms with Gasteiger partial charge in [-0.05, 0) is 39.5 Å². The lowest BCUT2D eigenvalue weighted by molar-refractivity contribution is -0.171. The molecule has 0 aromatic rings. The van der Waals surface area contributed by atoms with Crippen LogP contribution in [0.5, 0.6) is 0 Å². The van der Waals surface area contributed by atoms with E-state index in [4.69, 9.17) is 9.47 Å². The summed E-state index contributed by atoms with van der Waals surface area (Å²) in [6.07, 6.45) is 2.98. The minimum Gasteiger partial charge on any atom is -0.451 e. The van der Waals surface area contributed by atoms with Crippen LogP contribution in [0.3, 0.4) is 0 Å². The van der Waals surface area contributed by atoms with Gasteiger partial charge in [0.1, 0.15) is 0 Å². The second-order valence-electron chi connectivity index (χ2n) is 5.33. The molecule has 2 fully saturated rings. The van der Waals surface area contributed by atoms with Crippen molar-refractivity contribution in [3.63, 3.8) is 0 Å². The van der Waals surface area contributed by atoms with Crippen LogP contribution < -0.4 is 0 Å². The highest BCUT2D eigenvalue weighted by Crippen LogP contribution is 2.62. The van der Waals surface area contributed by atoms with E-state index in [0.29, 0.717) is 11.1 Å². The van der Waals surface area contributed by atoms with E-state index in [1.54, 1.807) is 13.8 Å². The number of hydrogen-bond donors (Lipinski definition) is 0. The number of hydrogen-bond acceptors (Lipinski definition) is 4. The summed E-state index contributed by atoms with van der Waals surface area (Å²) in [4.78, 5) is 23.2. The zero-order valence-electron chi connectivity index (χ0n) is 10.9. The van der Waals surface area contributed by atoms with Crippen molar-refractivity contribution in [2.75, 3.05) is 0 Å². The first kappa shape index (κ1) is 12.9. The lowest BCUT2D eigenvalue weighted by Crippen LogP contribution is -2.39. The third kappa shape index (κ3) is 2.07. The van der Waals surface area contributed by atoms with Crippen LogP contribution in [0, 0.1) is 0 Å². The van der Waals surface area contributed by atoms with Crippen LogP contribution in [-0.4, -0.2) is 23.1 Å². The third-order valence-electron chi connectivity index (χ3n) is 3.51. The second kappa shape index (κ2) is 3.97. The third-order valence-corrected chi connectivity index (χ3v) is 3.51. The van der Waals surface area contributed by atoms with Gasteiger partial charge in [0.15, 0.2) is 11.2 Å². The van der Waals surface area contributed by atoms with E-state index in [2.05, 4.69) is 13.2 Å². The summed E-state index contributed by atoms with van der Waals surface area (Å²) < 4.78 is 10.9. The molecule has 0 spiro atoms. The number of ether oxygens (including phenoxy) is 2. The first-order valence-electron chi connectivity index (χ1n) is 6.10. The average molecular weight is 250 g/mol. The second-order valence-corrected chi connectivity index (χ2v) is 5.33. The van der Waals surface area contributed by atoms with Gasteiger partial charge in [0.25, 0.3) is 0 Å². The van der Waals surface area contributed by atoms with Gasteiger partial charge in [0.05, 0.1) is 0 Å². The quantitative estimate of drug-likeness (QED) is 0.555. The van der Waals surface area contributed by atoms with Crippen molar-refractivity contribution < 1.29 is 19.1 Å². The minimum absolute atomic E-state index is 0.364. The molecule has 0 N–H and O–H groups in total. The van der Waals surface area contributed by atoms with Crippen LogP contribution in [-0.2, 0) is 19.1 Å². The Kier molecular flexibility index (Phi) is 2.84. The zero-order valence-corrected chi connectivity index (χ0v) is 10.9. The van der Waals surface area contributed by atoms with E-state index in [9.17, 15) is 9.59 Å². The smallest absolute Gasteiger partial charge is 0.333 e. The summed E-state index contributed by atoms with van der Waals surface area (Å²) in [6.45, 7) is 10.3. The Morgan fingerprint density at radius 2 is 1.11 bits per heavy atom. The van der Waals surface area contributed by atoms with Crippen molar-refractivity contribution in [3.8, 4) is 0 Å². The molecule has 0 aliphatic heterocycles. The molecule has 2 aliphatic carbocycles. The van der Waals surface area contributed by atoms with Crippen LogP contribution in [0.25, 0.3) is 0 Å². The van der Waals surface area contributed by atoms with Crippen molar-refractivity contribution in [2.45, 2.75) is 50.7 Å². The minimum atomic E-state index is -0.617. The highest BCUT2D eigenvalue weighted by Gasteiger charge is 2.71. The summed E-state index contributed by atoms with van der Waals surface area (Å²) in [5.74, 6) is -0.824. The van der Waals surface area contributed by atoms with Gasteiger partial charge in [0, 0.05) is 11.1 Å². The maximum absolute atomic E-state index is 11.6. The topological polar surface area (TPSA) is 52.6 Å².